The van der Waals surface area contributed by atoms with Crippen LogP contribution in [0.15, 0.2) is 0 Å². The minimum atomic E-state index is -0.613. The Kier molecular flexibility index (Phi) is 6.41. The van der Waals surface area contributed by atoms with Crippen LogP contribution >= 0.6 is 11.6 Å². The highest BCUT2D eigenvalue weighted by Crippen LogP contribution is 1.87. The van der Waals surface area contributed by atoms with Gasteiger partial charge >= 0.3 is 0 Å². The fourth-order valence-corrected chi connectivity index (χ4v) is 0.418. The van der Waals surface area contributed by atoms with Crippen molar-refractivity contribution in [1.29, 1.82) is 0 Å². The summed E-state index contributed by atoms with van der Waals surface area (Å²) >= 11 is 5.24. The molecular weight excluding hydrogens is 144 g/mol. The predicted molar refractivity (Wildman–Crippen MR) is 34.6 cm³/mol. The van der Waals surface area contributed by atoms with Gasteiger partial charge in [0.05, 0.1) is 31.8 Å². The molecular formula is C5H11ClO3. The van der Waals surface area contributed by atoms with E-state index >= 15 is 0 Å². The van der Waals surface area contributed by atoms with Gasteiger partial charge in [-0.3, -0.25) is 0 Å². The molecule has 0 aromatic heterocycles. The topological polar surface area (TPSA) is 49.7 Å². The zero-order chi connectivity index (χ0) is 7.11. The van der Waals surface area contributed by atoms with E-state index < -0.39 is 6.10 Å². The Morgan fingerprint density at radius 3 is 2.67 bits per heavy atom. The van der Waals surface area contributed by atoms with Crippen LogP contribution in [0.3, 0.4) is 0 Å². The van der Waals surface area contributed by atoms with E-state index in [0.29, 0.717) is 0 Å². The molecule has 0 saturated heterocycles. The summed E-state index contributed by atoms with van der Waals surface area (Å²) in [5, 5.41) is 17.0. The summed E-state index contributed by atoms with van der Waals surface area (Å²) in [6.45, 7) is 0.438. The lowest BCUT2D eigenvalue weighted by molar-refractivity contribution is 0.0306. The number of alkyl halides is 1. The van der Waals surface area contributed by atoms with Gasteiger partial charge in [-0.25, -0.2) is 0 Å². The molecule has 0 rings (SSSR count). The average Bonchev–Trinajstić information content (AvgIpc) is 1.89. The number of halogens is 1. The molecule has 1 atom stereocenters. The van der Waals surface area contributed by atoms with E-state index in [1.54, 1.807) is 0 Å². The van der Waals surface area contributed by atoms with E-state index in [4.69, 9.17) is 26.6 Å². The van der Waals surface area contributed by atoms with Crippen molar-refractivity contribution >= 4 is 11.6 Å². The molecule has 9 heavy (non-hydrogen) atoms. The van der Waals surface area contributed by atoms with Crippen molar-refractivity contribution in [3.63, 3.8) is 0 Å². The van der Waals surface area contributed by atoms with Crippen LogP contribution in [-0.4, -0.2) is 42.0 Å². The number of hydrogen-bond acceptors (Lipinski definition) is 3. The molecule has 0 radical (unpaired) electrons. The Morgan fingerprint density at radius 1 is 1.56 bits per heavy atom. The maximum atomic E-state index is 8.75. The second-order valence-electron chi connectivity index (χ2n) is 1.61. The molecule has 4 heteroatoms. The van der Waals surface area contributed by atoms with Gasteiger partial charge in [-0.15, -0.1) is 11.6 Å². The summed E-state index contributed by atoms with van der Waals surface area (Å²) in [7, 11) is 0. The lowest BCUT2D eigenvalue weighted by atomic mass is 10.4. The highest BCUT2D eigenvalue weighted by atomic mass is 35.5. The molecule has 0 spiro atoms. The van der Waals surface area contributed by atoms with E-state index in [1.165, 1.54) is 0 Å². The van der Waals surface area contributed by atoms with Crippen molar-refractivity contribution in [2.45, 2.75) is 6.10 Å². The third-order valence-corrected chi connectivity index (χ3v) is 1.08. The van der Waals surface area contributed by atoms with Crippen LogP contribution in [-0.2, 0) is 4.74 Å². The van der Waals surface area contributed by atoms with Gasteiger partial charge in [0.15, 0.2) is 0 Å². The first-order chi connectivity index (χ1) is 4.31. The molecule has 0 heterocycles. The third-order valence-electron chi connectivity index (χ3n) is 0.724. The predicted octanol–water partition coefficient (Wildman–Crippen LogP) is -0.405. The van der Waals surface area contributed by atoms with E-state index in [2.05, 4.69) is 0 Å². The molecule has 0 aromatic rings. The lowest BCUT2D eigenvalue weighted by Crippen LogP contribution is -2.17. The molecule has 0 aliphatic rings. The van der Waals surface area contributed by atoms with E-state index in [0.717, 1.165) is 0 Å². The van der Waals surface area contributed by atoms with Gasteiger partial charge in [0.25, 0.3) is 0 Å². The lowest BCUT2D eigenvalue weighted by Gasteiger charge is -2.05. The first-order valence-corrected chi connectivity index (χ1v) is 3.27. The SMILES string of the molecule is OCCOC[C@H](O)CCl. The van der Waals surface area contributed by atoms with E-state index in [-0.39, 0.29) is 25.7 Å². The summed E-state index contributed by atoms with van der Waals surface area (Å²) in [5.74, 6) is 0.172. The molecule has 0 saturated carbocycles. The van der Waals surface area contributed by atoms with Crippen molar-refractivity contribution in [1.82, 2.24) is 0 Å². The van der Waals surface area contributed by atoms with Crippen LogP contribution in [0.25, 0.3) is 0 Å². The van der Waals surface area contributed by atoms with Crippen molar-refractivity contribution in [3.05, 3.63) is 0 Å². The van der Waals surface area contributed by atoms with Crippen LogP contribution < -0.4 is 0 Å². The van der Waals surface area contributed by atoms with E-state index in [1.807, 2.05) is 0 Å². The van der Waals surface area contributed by atoms with Crippen LogP contribution in [0.5, 0.6) is 0 Å². The molecule has 56 valence electrons. The first-order valence-electron chi connectivity index (χ1n) is 2.74. The van der Waals surface area contributed by atoms with Crippen molar-refractivity contribution < 1.29 is 14.9 Å². The van der Waals surface area contributed by atoms with Gasteiger partial charge in [-0.2, -0.15) is 0 Å². The fourth-order valence-electron chi connectivity index (χ4n) is 0.328. The standard InChI is InChI=1S/C5H11ClO3/c6-3-5(8)4-9-2-1-7/h5,7-8H,1-4H2/t5-/m1/s1. The first kappa shape index (κ1) is 9.17. The number of aliphatic hydroxyl groups is 2. The smallest absolute Gasteiger partial charge is 0.0908 e. The van der Waals surface area contributed by atoms with Crippen molar-refractivity contribution in [3.8, 4) is 0 Å². The molecule has 0 unspecified atom stereocenters. The summed E-state index contributed by atoms with van der Waals surface area (Å²) in [6, 6.07) is 0. The normalized spacial score (nSPS) is 13.7. The van der Waals surface area contributed by atoms with Gasteiger partial charge in [0.2, 0.25) is 0 Å². The zero-order valence-electron chi connectivity index (χ0n) is 5.09. The maximum Gasteiger partial charge on any atom is 0.0908 e. The van der Waals surface area contributed by atoms with Gasteiger partial charge in [-0.1, -0.05) is 0 Å². The second kappa shape index (κ2) is 6.29. The van der Waals surface area contributed by atoms with Crippen molar-refractivity contribution in [2.75, 3.05) is 25.7 Å². The molecule has 0 aliphatic carbocycles. The maximum absolute atomic E-state index is 8.75. The number of aliphatic hydroxyl groups excluding tert-OH is 2. The molecule has 0 aliphatic heterocycles. The molecule has 3 nitrogen and oxygen atoms in total. The second-order valence-corrected chi connectivity index (χ2v) is 1.92. The monoisotopic (exact) mass is 154 g/mol. The van der Waals surface area contributed by atoms with Crippen LogP contribution in [0.1, 0.15) is 0 Å². The number of hydrogen-bond donors (Lipinski definition) is 2. The van der Waals surface area contributed by atoms with Crippen molar-refractivity contribution in [2.24, 2.45) is 0 Å². The summed E-state index contributed by atoms with van der Waals surface area (Å²) in [4.78, 5) is 0. The number of rotatable bonds is 5. The Bertz CT molecular complexity index is 60.2. The fraction of sp³-hybridized carbons (Fsp3) is 1.00. The van der Waals surface area contributed by atoms with Crippen LogP contribution in [0, 0.1) is 0 Å². The molecule has 0 fully saturated rings. The van der Waals surface area contributed by atoms with Gasteiger partial charge < -0.3 is 14.9 Å². The zero-order valence-corrected chi connectivity index (χ0v) is 5.84. The van der Waals surface area contributed by atoms with E-state index in [9.17, 15) is 0 Å². The summed E-state index contributed by atoms with van der Waals surface area (Å²) in [5.41, 5.74) is 0. The molecule has 0 bridgehead atoms. The quantitative estimate of drug-likeness (QED) is 0.418. The molecule has 0 aromatic carbocycles. The van der Waals surface area contributed by atoms with Gasteiger partial charge in [-0.05, 0) is 0 Å². The Balaban J connectivity index is 2.88. The largest absolute Gasteiger partial charge is 0.394 e. The highest BCUT2D eigenvalue weighted by molar-refractivity contribution is 6.18. The minimum absolute atomic E-state index is 0.0188. The summed E-state index contributed by atoms with van der Waals surface area (Å²) in [6.07, 6.45) is -0.613. The Morgan fingerprint density at radius 2 is 2.22 bits per heavy atom. The molecule has 2 N–H and O–H groups in total. The average molecular weight is 155 g/mol. The highest BCUT2D eigenvalue weighted by Gasteiger charge is 1.99. The molecule has 0 amide bonds. The minimum Gasteiger partial charge on any atom is -0.394 e. The van der Waals surface area contributed by atoms with Crippen LogP contribution in [0.4, 0.5) is 0 Å². The number of ether oxygens (including phenoxy) is 1. The van der Waals surface area contributed by atoms with Crippen LogP contribution in [0.2, 0.25) is 0 Å². The Labute approximate surface area is 59.2 Å². The third kappa shape index (κ3) is 6.05. The summed E-state index contributed by atoms with van der Waals surface area (Å²) < 4.78 is 4.75. The Hall–Kier alpha value is 0.170. The van der Waals surface area contributed by atoms with Gasteiger partial charge in [0.1, 0.15) is 0 Å². The van der Waals surface area contributed by atoms with Gasteiger partial charge in [0, 0.05) is 0 Å².